The number of nitrogens with zero attached hydrogens (tertiary/aromatic N) is 1. The second-order valence-corrected chi connectivity index (χ2v) is 6.38. The minimum absolute atomic E-state index is 0.175. The second kappa shape index (κ2) is 8.73. The van der Waals surface area contributed by atoms with E-state index in [1.165, 1.54) is 4.90 Å². The number of hydrogen-bond acceptors (Lipinski definition) is 4. The first-order valence-corrected chi connectivity index (χ1v) is 8.77. The number of carboxylic acid groups (broad SMARTS) is 1. The highest BCUT2D eigenvalue weighted by Crippen LogP contribution is 2.15. The van der Waals surface area contributed by atoms with E-state index < -0.39 is 6.09 Å². The lowest BCUT2D eigenvalue weighted by Crippen LogP contribution is -2.40. The molecule has 6 nitrogen and oxygen atoms in total. The zero-order chi connectivity index (χ0) is 19.9. The van der Waals surface area contributed by atoms with Gasteiger partial charge in [-0.25, -0.2) is 0 Å². The maximum absolute atomic E-state index is 12.3. The molecular weight excluding hydrogens is 354 g/mol. The summed E-state index contributed by atoms with van der Waals surface area (Å²) in [6.45, 7) is 0.412. The Morgan fingerprint density at radius 2 is 1.50 bits per heavy atom. The van der Waals surface area contributed by atoms with Crippen molar-refractivity contribution >= 4 is 23.4 Å². The predicted octanol–water partition coefficient (Wildman–Crippen LogP) is 2.87. The van der Waals surface area contributed by atoms with Crippen LogP contribution in [0.2, 0.25) is 0 Å². The number of carbonyl (C=O) groups excluding carboxylic acids is 2. The van der Waals surface area contributed by atoms with Gasteiger partial charge >= 0.3 is 0 Å². The number of nitrogen functional groups attached to an aromatic ring is 1. The third-order valence-electron chi connectivity index (χ3n) is 4.21. The van der Waals surface area contributed by atoms with Gasteiger partial charge in [0.25, 0.3) is 5.91 Å². The molecule has 142 valence electrons. The minimum Gasteiger partial charge on any atom is -0.530 e. The molecule has 0 aliphatic heterocycles. The lowest BCUT2D eigenvalue weighted by atomic mass is 10.1. The van der Waals surface area contributed by atoms with Crippen molar-refractivity contribution in [3.63, 3.8) is 0 Å². The lowest BCUT2D eigenvalue weighted by Gasteiger charge is -2.25. The standard InChI is InChI=1S/C22H21N3O3/c23-19-7-4-8-20(13-19)24-21(26)18-11-9-17(10-12-18)15-25(22(27)28)14-16-5-2-1-3-6-16/h1-13H,14-15,23H2,(H,24,26)(H,27,28)/p-1. The highest BCUT2D eigenvalue weighted by atomic mass is 16.4. The summed E-state index contributed by atoms with van der Waals surface area (Å²) in [5.74, 6) is -0.266. The van der Waals surface area contributed by atoms with Crippen molar-refractivity contribution in [2.75, 3.05) is 11.1 Å². The summed E-state index contributed by atoms with van der Waals surface area (Å²) in [6, 6.07) is 23.0. The zero-order valence-corrected chi connectivity index (χ0v) is 15.2. The van der Waals surface area contributed by atoms with Crippen LogP contribution in [0.3, 0.4) is 0 Å². The van der Waals surface area contributed by atoms with Crippen LogP contribution in [0.5, 0.6) is 0 Å². The van der Waals surface area contributed by atoms with Gasteiger partial charge in [0.1, 0.15) is 6.09 Å². The van der Waals surface area contributed by atoms with Gasteiger partial charge in [0, 0.05) is 30.0 Å². The van der Waals surface area contributed by atoms with Crippen molar-refractivity contribution in [3.05, 3.63) is 95.6 Å². The lowest BCUT2D eigenvalue weighted by molar-refractivity contribution is -0.267. The first-order chi connectivity index (χ1) is 13.5. The molecule has 0 atom stereocenters. The van der Waals surface area contributed by atoms with Gasteiger partial charge in [-0.05, 0) is 41.5 Å². The molecule has 6 heteroatoms. The quantitative estimate of drug-likeness (QED) is 0.648. The number of carbonyl (C=O) groups is 2. The Kier molecular flexibility index (Phi) is 5.91. The summed E-state index contributed by atoms with van der Waals surface area (Å²) in [4.78, 5) is 25.0. The molecule has 0 aliphatic carbocycles. The first-order valence-electron chi connectivity index (χ1n) is 8.77. The molecule has 3 aromatic rings. The van der Waals surface area contributed by atoms with Crippen molar-refractivity contribution < 1.29 is 14.7 Å². The van der Waals surface area contributed by atoms with Gasteiger partial charge in [0.05, 0.1) is 0 Å². The van der Waals surface area contributed by atoms with Crippen LogP contribution in [-0.4, -0.2) is 16.9 Å². The van der Waals surface area contributed by atoms with Gasteiger partial charge in [-0.2, -0.15) is 0 Å². The van der Waals surface area contributed by atoms with Crippen LogP contribution in [0.15, 0.2) is 78.9 Å². The number of benzene rings is 3. The molecule has 0 heterocycles. The van der Waals surface area contributed by atoms with E-state index >= 15 is 0 Å². The number of anilines is 2. The maximum Gasteiger partial charge on any atom is 0.255 e. The highest BCUT2D eigenvalue weighted by Gasteiger charge is 2.09. The average Bonchev–Trinajstić information content (AvgIpc) is 2.69. The van der Waals surface area contributed by atoms with Crippen LogP contribution in [0.4, 0.5) is 16.2 Å². The third-order valence-corrected chi connectivity index (χ3v) is 4.21. The van der Waals surface area contributed by atoms with Gasteiger partial charge in [-0.15, -0.1) is 0 Å². The van der Waals surface area contributed by atoms with E-state index in [2.05, 4.69) is 5.32 Å². The van der Waals surface area contributed by atoms with Crippen molar-refractivity contribution in [2.24, 2.45) is 0 Å². The summed E-state index contributed by atoms with van der Waals surface area (Å²) >= 11 is 0. The second-order valence-electron chi connectivity index (χ2n) is 6.38. The molecule has 0 aromatic heterocycles. The molecule has 0 fully saturated rings. The molecule has 0 saturated carbocycles. The van der Waals surface area contributed by atoms with Crippen LogP contribution < -0.4 is 16.2 Å². The van der Waals surface area contributed by atoms with Crippen LogP contribution in [0.1, 0.15) is 21.5 Å². The van der Waals surface area contributed by atoms with Crippen LogP contribution in [-0.2, 0) is 13.1 Å². The zero-order valence-electron chi connectivity index (χ0n) is 15.2. The van der Waals surface area contributed by atoms with Crippen molar-refractivity contribution in [3.8, 4) is 0 Å². The molecule has 0 unspecified atom stereocenters. The highest BCUT2D eigenvalue weighted by molar-refractivity contribution is 6.04. The Labute approximate surface area is 163 Å². The summed E-state index contributed by atoms with van der Waals surface area (Å²) in [5, 5.41) is 14.2. The SMILES string of the molecule is Nc1cccc(NC(=O)c2ccc(CN(Cc3ccccc3)C(=O)[O-])cc2)c1. The molecule has 3 aromatic carbocycles. The largest absolute Gasteiger partial charge is 0.530 e. The molecule has 3 rings (SSSR count). The van der Waals surface area contributed by atoms with Crippen molar-refractivity contribution in [1.29, 1.82) is 0 Å². The molecule has 2 amide bonds. The normalized spacial score (nSPS) is 10.3. The Balaban J connectivity index is 1.65. The Bertz CT molecular complexity index is 956. The Morgan fingerprint density at radius 3 is 2.11 bits per heavy atom. The van der Waals surface area contributed by atoms with E-state index in [4.69, 9.17) is 5.73 Å². The van der Waals surface area contributed by atoms with E-state index in [1.807, 2.05) is 30.3 Å². The fourth-order valence-electron chi connectivity index (χ4n) is 2.79. The number of nitrogens with two attached hydrogens (primary N) is 1. The maximum atomic E-state index is 12.3. The fraction of sp³-hybridized carbons (Fsp3) is 0.0909. The van der Waals surface area contributed by atoms with Gasteiger partial charge in [-0.3, -0.25) is 4.79 Å². The van der Waals surface area contributed by atoms with Crippen LogP contribution >= 0.6 is 0 Å². The van der Waals surface area contributed by atoms with E-state index in [1.54, 1.807) is 48.5 Å². The van der Waals surface area contributed by atoms with Crippen LogP contribution in [0.25, 0.3) is 0 Å². The van der Waals surface area contributed by atoms with E-state index in [0.29, 0.717) is 16.9 Å². The van der Waals surface area contributed by atoms with Gasteiger partial charge in [-0.1, -0.05) is 48.5 Å². The topological polar surface area (TPSA) is 98.5 Å². The number of nitrogens with one attached hydrogen (secondary N) is 1. The molecule has 3 N–H and O–H groups in total. The number of hydrogen-bond donors (Lipinski definition) is 2. The summed E-state index contributed by atoms with van der Waals surface area (Å²) in [5.41, 5.74) is 9.00. The minimum atomic E-state index is -1.24. The predicted molar refractivity (Wildman–Crippen MR) is 106 cm³/mol. The summed E-state index contributed by atoms with van der Waals surface area (Å²) < 4.78 is 0. The summed E-state index contributed by atoms with van der Waals surface area (Å²) in [7, 11) is 0. The van der Waals surface area contributed by atoms with Gasteiger partial charge in [0.15, 0.2) is 0 Å². The van der Waals surface area contributed by atoms with Gasteiger partial charge in [0.2, 0.25) is 0 Å². The first kappa shape index (κ1) is 19.0. The van der Waals surface area contributed by atoms with Crippen molar-refractivity contribution in [2.45, 2.75) is 13.1 Å². The van der Waals surface area contributed by atoms with Crippen molar-refractivity contribution in [1.82, 2.24) is 4.90 Å². The Hall–Kier alpha value is -3.80. The molecule has 0 bridgehead atoms. The third kappa shape index (κ3) is 5.11. The van der Waals surface area contributed by atoms with E-state index in [9.17, 15) is 14.7 Å². The molecular formula is C22H20N3O3-. The average molecular weight is 374 g/mol. The molecule has 28 heavy (non-hydrogen) atoms. The van der Waals surface area contributed by atoms with E-state index in [-0.39, 0.29) is 19.0 Å². The molecule has 0 saturated heterocycles. The number of rotatable bonds is 6. The summed E-state index contributed by atoms with van der Waals surface area (Å²) in [6.07, 6.45) is -1.24. The smallest absolute Gasteiger partial charge is 0.255 e. The molecule has 0 spiro atoms. The van der Waals surface area contributed by atoms with Crippen LogP contribution in [0, 0.1) is 0 Å². The molecule has 0 aliphatic rings. The molecule has 0 radical (unpaired) electrons. The van der Waals surface area contributed by atoms with E-state index in [0.717, 1.165) is 11.1 Å². The number of amides is 2. The monoisotopic (exact) mass is 374 g/mol. The Morgan fingerprint density at radius 1 is 0.857 bits per heavy atom. The van der Waals surface area contributed by atoms with Gasteiger partial charge < -0.3 is 25.9 Å². The fourth-order valence-corrected chi connectivity index (χ4v) is 2.79.